The lowest BCUT2D eigenvalue weighted by atomic mass is 10.1. The Morgan fingerprint density at radius 1 is 1.35 bits per heavy atom. The molecule has 1 aliphatic heterocycles. The number of hydrogen-bond donors (Lipinski definition) is 2. The lowest BCUT2D eigenvalue weighted by Crippen LogP contribution is -2.42. The van der Waals surface area contributed by atoms with Crippen molar-refractivity contribution in [3.05, 3.63) is 0 Å². The Labute approximate surface area is 159 Å². The highest BCUT2D eigenvalue weighted by Gasteiger charge is 2.14. The van der Waals surface area contributed by atoms with Crippen LogP contribution in [0.5, 0.6) is 0 Å². The van der Waals surface area contributed by atoms with E-state index in [-0.39, 0.29) is 24.0 Å². The Hall–Kier alpha value is -0.0800. The summed E-state index contributed by atoms with van der Waals surface area (Å²) in [6.45, 7) is 7.74. The van der Waals surface area contributed by atoms with E-state index in [0.717, 1.165) is 45.2 Å². The maximum Gasteiger partial charge on any atom is 0.191 e. The summed E-state index contributed by atoms with van der Waals surface area (Å²) < 4.78 is 11.2. The quantitative estimate of drug-likeness (QED) is 0.224. The summed E-state index contributed by atoms with van der Waals surface area (Å²) in [7, 11) is 1.82. The fourth-order valence-corrected chi connectivity index (χ4v) is 2.57. The van der Waals surface area contributed by atoms with E-state index >= 15 is 0 Å². The number of guanidine groups is 1. The number of hydrogen-bond acceptors (Lipinski definition) is 3. The maximum absolute atomic E-state index is 5.65. The van der Waals surface area contributed by atoms with Crippen LogP contribution >= 0.6 is 24.0 Å². The van der Waals surface area contributed by atoms with Crippen LogP contribution < -0.4 is 10.6 Å². The SMILES string of the molecule is CCCCCC(C)NC(=NC)NCCCOCC1CCCO1.I. The molecule has 2 unspecified atom stereocenters. The first-order valence-electron chi connectivity index (χ1n) is 8.92. The fraction of sp³-hybridized carbons (Fsp3) is 0.941. The second kappa shape index (κ2) is 15.4. The lowest BCUT2D eigenvalue weighted by molar-refractivity contribution is 0.0168. The maximum atomic E-state index is 5.65. The summed E-state index contributed by atoms with van der Waals surface area (Å²) in [5, 5.41) is 6.79. The number of nitrogens with zero attached hydrogens (tertiary/aromatic N) is 1. The van der Waals surface area contributed by atoms with Gasteiger partial charge in [-0.2, -0.15) is 0 Å². The molecule has 0 aromatic rings. The van der Waals surface area contributed by atoms with Crippen LogP contribution in [-0.2, 0) is 9.47 Å². The predicted octanol–water partition coefficient (Wildman–Crippen LogP) is 3.32. The van der Waals surface area contributed by atoms with E-state index in [1.165, 1.54) is 32.1 Å². The van der Waals surface area contributed by atoms with E-state index < -0.39 is 0 Å². The average Bonchev–Trinajstić information content (AvgIpc) is 3.03. The molecule has 1 fully saturated rings. The molecule has 1 rings (SSSR count). The van der Waals surface area contributed by atoms with Crippen molar-refractivity contribution in [2.75, 3.05) is 33.4 Å². The number of ether oxygens (including phenoxy) is 2. The van der Waals surface area contributed by atoms with Crippen molar-refractivity contribution in [2.45, 2.75) is 70.9 Å². The molecule has 0 aromatic heterocycles. The van der Waals surface area contributed by atoms with E-state index in [4.69, 9.17) is 9.47 Å². The molecule has 1 saturated heterocycles. The molecule has 0 saturated carbocycles. The number of aliphatic imine (C=N–C) groups is 1. The minimum absolute atomic E-state index is 0. The summed E-state index contributed by atoms with van der Waals surface area (Å²) in [6, 6.07) is 0.466. The number of halogens is 1. The molecule has 0 aliphatic carbocycles. The van der Waals surface area contributed by atoms with E-state index in [0.29, 0.717) is 12.1 Å². The molecule has 23 heavy (non-hydrogen) atoms. The van der Waals surface area contributed by atoms with Gasteiger partial charge in [0.1, 0.15) is 0 Å². The molecule has 0 radical (unpaired) electrons. The highest BCUT2D eigenvalue weighted by Crippen LogP contribution is 2.11. The van der Waals surface area contributed by atoms with Crippen LogP contribution in [0.15, 0.2) is 4.99 Å². The molecular weight excluding hydrogens is 405 g/mol. The molecule has 1 aliphatic rings. The number of unbranched alkanes of at least 4 members (excludes halogenated alkanes) is 2. The van der Waals surface area contributed by atoms with Gasteiger partial charge < -0.3 is 20.1 Å². The van der Waals surface area contributed by atoms with Gasteiger partial charge in [-0.25, -0.2) is 0 Å². The largest absolute Gasteiger partial charge is 0.379 e. The lowest BCUT2D eigenvalue weighted by Gasteiger charge is -2.18. The number of nitrogens with one attached hydrogen (secondary N) is 2. The first-order chi connectivity index (χ1) is 10.8. The van der Waals surface area contributed by atoms with Gasteiger partial charge in [0.05, 0.1) is 12.7 Å². The second-order valence-corrected chi connectivity index (χ2v) is 6.10. The van der Waals surface area contributed by atoms with Gasteiger partial charge in [-0.1, -0.05) is 26.2 Å². The van der Waals surface area contributed by atoms with Gasteiger partial charge in [-0.3, -0.25) is 4.99 Å². The second-order valence-electron chi connectivity index (χ2n) is 6.10. The fourth-order valence-electron chi connectivity index (χ4n) is 2.57. The van der Waals surface area contributed by atoms with Crippen LogP contribution in [0.3, 0.4) is 0 Å². The Bertz CT molecular complexity index is 298. The molecule has 0 aromatic carbocycles. The normalized spacial score (nSPS) is 19.3. The highest BCUT2D eigenvalue weighted by atomic mass is 127. The molecule has 2 N–H and O–H groups in total. The van der Waals surface area contributed by atoms with Crippen LogP contribution in [0.2, 0.25) is 0 Å². The van der Waals surface area contributed by atoms with Gasteiger partial charge in [0.25, 0.3) is 0 Å². The van der Waals surface area contributed by atoms with Gasteiger partial charge in [-0.05, 0) is 32.6 Å². The van der Waals surface area contributed by atoms with Crippen LogP contribution in [0.4, 0.5) is 0 Å². The Morgan fingerprint density at radius 3 is 2.83 bits per heavy atom. The van der Waals surface area contributed by atoms with Crippen molar-refractivity contribution in [3.63, 3.8) is 0 Å². The molecule has 138 valence electrons. The van der Waals surface area contributed by atoms with Crippen molar-refractivity contribution in [1.29, 1.82) is 0 Å². The van der Waals surface area contributed by atoms with Gasteiger partial charge in [0.15, 0.2) is 5.96 Å². The zero-order valence-corrected chi connectivity index (χ0v) is 17.4. The third-order valence-corrected chi connectivity index (χ3v) is 3.93. The third kappa shape index (κ3) is 12.0. The summed E-state index contributed by atoms with van der Waals surface area (Å²) >= 11 is 0. The average molecular weight is 441 g/mol. The first-order valence-corrected chi connectivity index (χ1v) is 8.92. The van der Waals surface area contributed by atoms with Gasteiger partial charge in [0, 0.05) is 32.8 Å². The monoisotopic (exact) mass is 441 g/mol. The molecule has 5 nitrogen and oxygen atoms in total. The van der Waals surface area contributed by atoms with Crippen molar-refractivity contribution < 1.29 is 9.47 Å². The predicted molar refractivity (Wildman–Crippen MR) is 108 cm³/mol. The Balaban J connectivity index is 0.00000484. The van der Waals surface area contributed by atoms with E-state index in [2.05, 4.69) is 29.5 Å². The van der Waals surface area contributed by atoms with Crippen molar-refractivity contribution in [3.8, 4) is 0 Å². The standard InChI is InChI=1S/C17H35N3O2.HI/c1-4-5-6-9-15(2)20-17(18-3)19-11-8-12-21-14-16-10-7-13-22-16;/h15-16H,4-14H2,1-3H3,(H2,18,19,20);1H. The van der Waals surface area contributed by atoms with Gasteiger partial charge in [0.2, 0.25) is 0 Å². The minimum atomic E-state index is 0. The Morgan fingerprint density at radius 2 is 2.17 bits per heavy atom. The molecule has 6 heteroatoms. The van der Waals surface area contributed by atoms with Crippen molar-refractivity contribution in [2.24, 2.45) is 4.99 Å². The highest BCUT2D eigenvalue weighted by molar-refractivity contribution is 14.0. The Kier molecular flexibility index (Phi) is 15.4. The molecule has 0 amide bonds. The van der Waals surface area contributed by atoms with E-state index in [1.54, 1.807) is 0 Å². The van der Waals surface area contributed by atoms with Crippen LogP contribution in [0.25, 0.3) is 0 Å². The first kappa shape index (κ1) is 22.9. The molecule has 0 spiro atoms. The van der Waals surface area contributed by atoms with E-state index in [9.17, 15) is 0 Å². The summed E-state index contributed by atoms with van der Waals surface area (Å²) in [4.78, 5) is 4.27. The topological polar surface area (TPSA) is 54.9 Å². The van der Waals surface area contributed by atoms with Gasteiger partial charge in [-0.15, -0.1) is 24.0 Å². The molecule has 1 heterocycles. The summed E-state index contributed by atoms with van der Waals surface area (Å²) in [5.41, 5.74) is 0. The summed E-state index contributed by atoms with van der Waals surface area (Å²) in [6.07, 6.45) is 8.67. The van der Waals surface area contributed by atoms with Crippen molar-refractivity contribution >= 4 is 29.9 Å². The zero-order chi connectivity index (χ0) is 16.0. The van der Waals surface area contributed by atoms with Crippen LogP contribution in [0, 0.1) is 0 Å². The van der Waals surface area contributed by atoms with Crippen molar-refractivity contribution in [1.82, 2.24) is 10.6 Å². The molecule has 0 bridgehead atoms. The smallest absolute Gasteiger partial charge is 0.191 e. The number of rotatable bonds is 11. The zero-order valence-electron chi connectivity index (χ0n) is 15.1. The minimum Gasteiger partial charge on any atom is -0.379 e. The van der Waals surface area contributed by atoms with Crippen LogP contribution in [0.1, 0.15) is 58.8 Å². The van der Waals surface area contributed by atoms with E-state index in [1.807, 2.05) is 7.05 Å². The summed E-state index contributed by atoms with van der Waals surface area (Å²) in [5.74, 6) is 0.892. The van der Waals surface area contributed by atoms with Crippen LogP contribution in [-0.4, -0.2) is 51.5 Å². The third-order valence-electron chi connectivity index (χ3n) is 3.93. The van der Waals surface area contributed by atoms with Gasteiger partial charge >= 0.3 is 0 Å². The molecular formula is C17H36IN3O2. The molecule has 2 atom stereocenters.